The van der Waals surface area contributed by atoms with Gasteiger partial charge in [-0.25, -0.2) is 0 Å². The first-order chi connectivity index (χ1) is 6.06. The summed E-state index contributed by atoms with van der Waals surface area (Å²) < 4.78 is 0. The van der Waals surface area contributed by atoms with Gasteiger partial charge in [0, 0.05) is 25.7 Å². The number of hydrogen-bond donors (Lipinski definition) is 2. The predicted octanol–water partition coefficient (Wildman–Crippen LogP) is -0.458. The Morgan fingerprint density at radius 1 is 1.62 bits per heavy atom. The lowest BCUT2D eigenvalue weighted by Crippen LogP contribution is -2.45. The first kappa shape index (κ1) is 10.5. The number of nitrogens with zero attached hydrogens (tertiary/aromatic N) is 1. The molecule has 0 aromatic carbocycles. The second kappa shape index (κ2) is 4.07. The van der Waals surface area contributed by atoms with E-state index in [4.69, 9.17) is 5.73 Å². The number of likely N-dealkylation sites (tertiary alicyclic amines) is 1. The van der Waals surface area contributed by atoms with Crippen molar-refractivity contribution in [3.8, 4) is 0 Å². The van der Waals surface area contributed by atoms with Crippen LogP contribution in [0.4, 0.5) is 0 Å². The lowest BCUT2D eigenvalue weighted by atomic mass is 10.1. The van der Waals surface area contributed by atoms with E-state index < -0.39 is 0 Å². The minimum absolute atomic E-state index is 0.0278. The quantitative estimate of drug-likeness (QED) is 0.612. The van der Waals surface area contributed by atoms with Gasteiger partial charge < -0.3 is 11.1 Å². The highest BCUT2D eigenvalue weighted by atomic mass is 16.2. The van der Waals surface area contributed by atoms with E-state index in [1.54, 1.807) is 7.05 Å². The van der Waals surface area contributed by atoms with Crippen LogP contribution in [0.2, 0.25) is 0 Å². The van der Waals surface area contributed by atoms with Crippen LogP contribution < -0.4 is 11.1 Å². The molecule has 1 heterocycles. The van der Waals surface area contributed by atoms with Crippen LogP contribution in [0.15, 0.2) is 0 Å². The minimum Gasteiger partial charge on any atom is -0.358 e. The average molecular weight is 185 g/mol. The lowest BCUT2D eigenvalue weighted by molar-refractivity contribution is -0.125. The number of amides is 1. The SMILES string of the molecule is CNC(=O)[C@@H]1C[C@@H](N)CN1C(C)C. The molecule has 1 rings (SSSR count). The van der Waals surface area contributed by atoms with Crippen LogP contribution in [0.1, 0.15) is 20.3 Å². The molecule has 0 bridgehead atoms. The number of carbonyl (C=O) groups is 1. The van der Waals surface area contributed by atoms with Gasteiger partial charge >= 0.3 is 0 Å². The fourth-order valence-corrected chi connectivity index (χ4v) is 1.89. The predicted molar refractivity (Wildman–Crippen MR) is 52.3 cm³/mol. The Bertz CT molecular complexity index is 193. The Morgan fingerprint density at radius 3 is 2.69 bits per heavy atom. The van der Waals surface area contributed by atoms with Gasteiger partial charge in [-0.3, -0.25) is 9.69 Å². The number of nitrogens with one attached hydrogen (secondary N) is 1. The molecule has 1 saturated heterocycles. The summed E-state index contributed by atoms with van der Waals surface area (Å²) in [5.41, 5.74) is 5.82. The highest BCUT2D eigenvalue weighted by Gasteiger charge is 2.35. The molecule has 1 aliphatic heterocycles. The smallest absolute Gasteiger partial charge is 0.237 e. The van der Waals surface area contributed by atoms with Crippen LogP contribution >= 0.6 is 0 Å². The molecule has 2 atom stereocenters. The molecule has 0 aromatic rings. The third kappa shape index (κ3) is 2.19. The molecule has 0 saturated carbocycles. The maximum absolute atomic E-state index is 11.5. The van der Waals surface area contributed by atoms with Gasteiger partial charge in [-0.1, -0.05) is 0 Å². The molecule has 0 aliphatic carbocycles. The van der Waals surface area contributed by atoms with Gasteiger partial charge in [0.15, 0.2) is 0 Å². The number of rotatable bonds is 2. The van der Waals surface area contributed by atoms with Crippen molar-refractivity contribution in [1.29, 1.82) is 0 Å². The summed E-state index contributed by atoms with van der Waals surface area (Å²) in [4.78, 5) is 13.6. The molecule has 13 heavy (non-hydrogen) atoms. The Hall–Kier alpha value is -0.610. The van der Waals surface area contributed by atoms with Gasteiger partial charge in [-0.15, -0.1) is 0 Å². The summed E-state index contributed by atoms with van der Waals surface area (Å²) in [6.07, 6.45) is 0.776. The molecular formula is C9H19N3O. The normalized spacial score (nSPS) is 29.6. The average Bonchev–Trinajstić information content (AvgIpc) is 2.46. The molecule has 1 aliphatic rings. The first-order valence-corrected chi connectivity index (χ1v) is 4.79. The van der Waals surface area contributed by atoms with E-state index in [0.717, 1.165) is 13.0 Å². The van der Waals surface area contributed by atoms with Crippen LogP contribution in [0, 0.1) is 0 Å². The van der Waals surface area contributed by atoms with Crippen LogP contribution in [-0.2, 0) is 4.79 Å². The summed E-state index contributed by atoms with van der Waals surface area (Å²) in [5, 5.41) is 2.68. The molecule has 0 aromatic heterocycles. The van der Waals surface area contributed by atoms with Crippen molar-refractivity contribution >= 4 is 5.91 Å². The number of nitrogens with two attached hydrogens (primary N) is 1. The van der Waals surface area contributed by atoms with Crippen molar-refractivity contribution in [3.05, 3.63) is 0 Å². The van der Waals surface area contributed by atoms with E-state index in [1.807, 2.05) is 0 Å². The van der Waals surface area contributed by atoms with Crippen molar-refractivity contribution < 1.29 is 4.79 Å². The standard InChI is InChI=1S/C9H19N3O/c1-6(2)12-5-7(10)4-8(12)9(13)11-3/h6-8H,4-5,10H2,1-3H3,(H,11,13)/t7-,8+/m1/s1. The topological polar surface area (TPSA) is 58.4 Å². The van der Waals surface area contributed by atoms with Crippen molar-refractivity contribution in [2.24, 2.45) is 5.73 Å². The monoisotopic (exact) mass is 185 g/mol. The molecule has 4 heteroatoms. The summed E-state index contributed by atoms with van der Waals surface area (Å²) >= 11 is 0. The van der Waals surface area contributed by atoms with Crippen LogP contribution in [0.3, 0.4) is 0 Å². The zero-order valence-electron chi connectivity index (χ0n) is 8.58. The summed E-state index contributed by atoms with van der Waals surface area (Å²) in [7, 11) is 1.67. The molecule has 76 valence electrons. The van der Waals surface area contributed by atoms with E-state index in [-0.39, 0.29) is 18.0 Å². The van der Waals surface area contributed by atoms with Gasteiger partial charge in [0.05, 0.1) is 6.04 Å². The maximum Gasteiger partial charge on any atom is 0.237 e. The molecular weight excluding hydrogens is 166 g/mol. The second-order valence-electron chi connectivity index (χ2n) is 3.92. The van der Waals surface area contributed by atoms with E-state index in [0.29, 0.717) is 6.04 Å². The van der Waals surface area contributed by atoms with Gasteiger partial charge in [-0.2, -0.15) is 0 Å². The molecule has 0 spiro atoms. The Labute approximate surface area is 79.5 Å². The summed E-state index contributed by atoms with van der Waals surface area (Å²) in [6, 6.07) is 0.501. The largest absolute Gasteiger partial charge is 0.358 e. The van der Waals surface area contributed by atoms with Crippen LogP contribution in [0.25, 0.3) is 0 Å². The Balaban J connectivity index is 2.66. The maximum atomic E-state index is 11.5. The van der Waals surface area contributed by atoms with Crippen molar-refractivity contribution in [2.45, 2.75) is 38.4 Å². The summed E-state index contributed by atoms with van der Waals surface area (Å²) in [6.45, 7) is 5.01. The number of hydrogen-bond acceptors (Lipinski definition) is 3. The van der Waals surface area contributed by atoms with Crippen molar-refractivity contribution in [2.75, 3.05) is 13.6 Å². The molecule has 3 N–H and O–H groups in total. The van der Waals surface area contributed by atoms with Crippen LogP contribution in [-0.4, -0.2) is 42.5 Å². The van der Waals surface area contributed by atoms with E-state index in [9.17, 15) is 4.79 Å². The number of carbonyl (C=O) groups excluding carboxylic acids is 1. The molecule has 1 amide bonds. The highest BCUT2D eigenvalue weighted by Crippen LogP contribution is 2.19. The molecule has 0 radical (unpaired) electrons. The van der Waals surface area contributed by atoms with Gasteiger partial charge in [0.1, 0.15) is 0 Å². The highest BCUT2D eigenvalue weighted by molar-refractivity contribution is 5.81. The van der Waals surface area contributed by atoms with E-state index in [1.165, 1.54) is 0 Å². The van der Waals surface area contributed by atoms with Gasteiger partial charge in [0.2, 0.25) is 5.91 Å². The minimum atomic E-state index is -0.0278. The first-order valence-electron chi connectivity index (χ1n) is 4.79. The fourth-order valence-electron chi connectivity index (χ4n) is 1.89. The molecule has 0 unspecified atom stereocenters. The third-order valence-corrected chi connectivity index (χ3v) is 2.58. The van der Waals surface area contributed by atoms with E-state index in [2.05, 4.69) is 24.1 Å². The zero-order valence-corrected chi connectivity index (χ0v) is 8.58. The molecule has 1 fully saturated rings. The van der Waals surface area contributed by atoms with Crippen LogP contribution in [0.5, 0.6) is 0 Å². The second-order valence-corrected chi connectivity index (χ2v) is 3.92. The zero-order chi connectivity index (χ0) is 10.0. The Kier molecular flexibility index (Phi) is 3.27. The van der Waals surface area contributed by atoms with Crippen molar-refractivity contribution in [1.82, 2.24) is 10.2 Å². The summed E-state index contributed by atoms with van der Waals surface area (Å²) in [5.74, 6) is 0.0849. The number of likely N-dealkylation sites (N-methyl/N-ethyl adjacent to an activating group) is 1. The third-order valence-electron chi connectivity index (χ3n) is 2.58. The van der Waals surface area contributed by atoms with Gasteiger partial charge in [0.25, 0.3) is 0 Å². The lowest BCUT2D eigenvalue weighted by Gasteiger charge is -2.26. The van der Waals surface area contributed by atoms with Crippen molar-refractivity contribution in [3.63, 3.8) is 0 Å². The fraction of sp³-hybridized carbons (Fsp3) is 0.889. The Morgan fingerprint density at radius 2 is 2.23 bits per heavy atom. The van der Waals surface area contributed by atoms with E-state index >= 15 is 0 Å². The van der Waals surface area contributed by atoms with Gasteiger partial charge in [-0.05, 0) is 20.3 Å². The molecule has 4 nitrogen and oxygen atoms in total.